The third-order valence-corrected chi connectivity index (χ3v) is 9.91. The number of benzene rings is 5. The maximum atomic E-state index is 5.21. The van der Waals surface area contributed by atoms with Crippen LogP contribution in [0, 0.1) is 0 Å². The molecule has 8 rings (SSSR count). The molecule has 0 unspecified atom stereocenters. The van der Waals surface area contributed by atoms with Gasteiger partial charge in [0.15, 0.2) is 5.82 Å². The van der Waals surface area contributed by atoms with Crippen molar-refractivity contribution in [1.29, 1.82) is 0 Å². The van der Waals surface area contributed by atoms with E-state index >= 15 is 0 Å². The van der Waals surface area contributed by atoms with E-state index in [0.29, 0.717) is 5.82 Å². The molecule has 5 aromatic carbocycles. The highest BCUT2D eigenvalue weighted by Gasteiger charge is 2.14. The molecule has 1 aliphatic carbocycles. The van der Waals surface area contributed by atoms with Gasteiger partial charge in [0.05, 0.1) is 11.4 Å². The number of pyridine rings is 1. The van der Waals surface area contributed by atoms with Crippen LogP contribution in [0.3, 0.4) is 0 Å². The highest BCUT2D eigenvalue weighted by molar-refractivity contribution is 5.91. The molecule has 3 heteroatoms. The summed E-state index contributed by atoms with van der Waals surface area (Å²) in [5, 5.41) is 2.43. The molecule has 0 bridgehead atoms. The lowest BCUT2D eigenvalue weighted by Gasteiger charge is -2.15. The molecule has 2 heterocycles. The summed E-state index contributed by atoms with van der Waals surface area (Å²) in [6.07, 6.45) is 25.6. The van der Waals surface area contributed by atoms with Gasteiger partial charge in [-0.2, -0.15) is 0 Å². The van der Waals surface area contributed by atoms with Crippen molar-refractivity contribution in [2.24, 2.45) is 0 Å². The summed E-state index contributed by atoms with van der Waals surface area (Å²) < 4.78 is 0. The summed E-state index contributed by atoms with van der Waals surface area (Å²) in [5.41, 5.74) is 13.7. The van der Waals surface area contributed by atoms with Gasteiger partial charge in [-0.1, -0.05) is 183 Å². The van der Waals surface area contributed by atoms with E-state index in [1.54, 1.807) is 6.20 Å². The zero-order valence-electron chi connectivity index (χ0n) is 31.4. The Bertz CT molecular complexity index is 2700. The molecule has 0 aliphatic heterocycles. The number of rotatable bonds is 8. The third kappa shape index (κ3) is 8.13. The predicted molar refractivity (Wildman–Crippen MR) is 237 cm³/mol. The standard InChI is InChI=1S/C53H41N3/c1-3-14-46(22-12-21-41-20-11-19-40-17-7-9-24-48(40)41)53-55-51(44-30-26-39(27-31-44)47-23-13-34-54-37-47)36-52(56-53)45-32-28-43(29-33-45)50-35-38(2)15-5-4-6-16-42-18-8-10-25-49(42)50/h3-15,17-37H,2,16H2,1H3/b6-4-,14-3-,15-5-,21-12+,46-22+,50-35?. The van der Waals surface area contributed by atoms with Crippen molar-refractivity contribution >= 4 is 28.0 Å². The summed E-state index contributed by atoms with van der Waals surface area (Å²) in [7, 11) is 0. The second-order valence-electron chi connectivity index (χ2n) is 13.7. The van der Waals surface area contributed by atoms with E-state index in [1.165, 1.54) is 21.9 Å². The molecule has 2 aromatic heterocycles. The first-order valence-corrected chi connectivity index (χ1v) is 18.9. The van der Waals surface area contributed by atoms with Gasteiger partial charge in [-0.25, -0.2) is 9.97 Å². The monoisotopic (exact) mass is 719 g/mol. The Kier molecular flexibility index (Phi) is 10.8. The van der Waals surface area contributed by atoms with Gasteiger partial charge in [0.25, 0.3) is 0 Å². The van der Waals surface area contributed by atoms with Gasteiger partial charge in [0.2, 0.25) is 0 Å². The molecule has 56 heavy (non-hydrogen) atoms. The first kappa shape index (κ1) is 35.8. The van der Waals surface area contributed by atoms with Gasteiger partial charge in [-0.3, -0.25) is 4.98 Å². The zero-order chi connectivity index (χ0) is 38.1. The van der Waals surface area contributed by atoms with E-state index in [0.717, 1.165) is 67.9 Å². The average molecular weight is 720 g/mol. The Morgan fingerprint density at radius 3 is 2.16 bits per heavy atom. The molecule has 3 nitrogen and oxygen atoms in total. The number of fused-ring (bicyclic) bond motifs is 2. The fourth-order valence-corrected chi connectivity index (χ4v) is 7.06. The summed E-state index contributed by atoms with van der Waals surface area (Å²) in [6, 6.07) is 46.8. The maximum absolute atomic E-state index is 5.21. The number of nitrogens with zero attached hydrogens (tertiary/aromatic N) is 3. The molecule has 7 aromatic rings. The lowest BCUT2D eigenvalue weighted by Crippen LogP contribution is -1.99. The van der Waals surface area contributed by atoms with E-state index in [1.807, 2.05) is 25.3 Å². The van der Waals surface area contributed by atoms with Crippen LogP contribution in [0.5, 0.6) is 0 Å². The van der Waals surface area contributed by atoms with Gasteiger partial charge < -0.3 is 0 Å². The van der Waals surface area contributed by atoms with Crippen LogP contribution < -0.4 is 0 Å². The molecule has 268 valence electrons. The second-order valence-corrected chi connectivity index (χ2v) is 13.7. The van der Waals surface area contributed by atoms with Gasteiger partial charge >= 0.3 is 0 Å². The van der Waals surface area contributed by atoms with E-state index in [9.17, 15) is 0 Å². The zero-order valence-corrected chi connectivity index (χ0v) is 31.4. The Balaban J connectivity index is 1.21. The molecule has 0 N–H and O–H groups in total. The normalized spacial score (nSPS) is 14.5. The van der Waals surface area contributed by atoms with Crippen molar-refractivity contribution in [2.45, 2.75) is 13.3 Å². The molecule has 0 fully saturated rings. The fraction of sp³-hybridized carbons (Fsp3) is 0.0377. The topological polar surface area (TPSA) is 38.7 Å². The summed E-state index contributed by atoms with van der Waals surface area (Å²) in [4.78, 5) is 14.7. The Morgan fingerprint density at radius 2 is 1.39 bits per heavy atom. The number of hydrogen-bond acceptors (Lipinski definition) is 3. The quantitative estimate of drug-likeness (QED) is 0.147. The largest absolute Gasteiger partial charge is 0.264 e. The SMILES string of the molecule is C=C1C=C(c2ccc(-c3cc(-c4ccc(-c5cccnc5)cc4)nc(C(/C=C\C)=C/C=C/c4cccc5ccccc45)n3)cc2)c2ccccc2C/C=C\C=C/1. The van der Waals surface area contributed by atoms with E-state index in [4.69, 9.17) is 9.97 Å². The van der Waals surface area contributed by atoms with Crippen LogP contribution in [0.2, 0.25) is 0 Å². The first-order chi connectivity index (χ1) is 27.6. The van der Waals surface area contributed by atoms with Crippen LogP contribution in [0.25, 0.3) is 61.6 Å². The minimum absolute atomic E-state index is 0.652. The average Bonchev–Trinajstić information content (AvgIpc) is 3.26. The minimum atomic E-state index is 0.652. The molecule has 0 atom stereocenters. The van der Waals surface area contributed by atoms with Crippen LogP contribution in [0.4, 0.5) is 0 Å². The van der Waals surface area contributed by atoms with E-state index in [-0.39, 0.29) is 0 Å². The van der Waals surface area contributed by atoms with Crippen LogP contribution in [-0.2, 0) is 6.42 Å². The smallest absolute Gasteiger partial charge is 0.160 e. The van der Waals surface area contributed by atoms with Crippen LogP contribution in [0.15, 0.2) is 213 Å². The molecule has 0 saturated heterocycles. The molecule has 1 aliphatic rings. The highest BCUT2D eigenvalue weighted by atomic mass is 14.9. The van der Waals surface area contributed by atoms with Gasteiger partial charge in [-0.15, -0.1) is 0 Å². The van der Waals surface area contributed by atoms with Crippen molar-refractivity contribution in [3.8, 4) is 33.6 Å². The summed E-state index contributed by atoms with van der Waals surface area (Å²) in [6.45, 7) is 6.35. The van der Waals surface area contributed by atoms with E-state index < -0.39 is 0 Å². The third-order valence-electron chi connectivity index (χ3n) is 9.91. The molecule has 0 saturated carbocycles. The summed E-state index contributed by atoms with van der Waals surface area (Å²) >= 11 is 0. The number of aromatic nitrogens is 3. The van der Waals surface area contributed by atoms with Crippen molar-refractivity contribution in [1.82, 2.24) is 15.0 Å². The van der Waals surface area contributed by atoms with Crippen LogP contribution in [-0.4, -0.2) is 15.0 Å². The van der Waals surface area contributed by atoms with Crippen LogP contribution >= 0.6 is 0 Å². The molecule has 0 radical (unpaired) electrons. The number of allylic oxidation sites excluding steroid dienone is 11. The fourth-order valence-electron chi connectivity index (χ4n) is 7.06. The second kappa shape index (κ2) is 16.8. The summed E-state index contributed by atoms with van der Waals surface area (Å²) in [5.74, 6) is 0.652. The molecular formula is C53H41N3. The van der Waals surface area contributed by atoms with Gasteiger partial charge in [0.1, 0.15) is 0 Å². The van der Waals surface area contributed by atoms with Gasteiger partial charge in [0, 0.05) is 29.1 Å². The van der Waals surface area contributed by atoms with Crippen LogP contribution in [0.1, 0.15) is 35.0 Å². The van der Waals surface area contributed by atoms with Crippen molar-refractivity contribution in [3.05, 3.63) is 241 Å². The Morgan fingerprint density at radius 1 is 0.679 bits per heavy atom. The molecular weight excluding hydrogens is 679 g/mol. The number of hydrogen-bond donors (Lipinski definition) is 0. The minimum Gasteiger partial charge on any atom is -0.264 e. The molecule has 0 spiro atoms. The maximum Gasteiger partial charge on any atom is 0.160 e. The predicted octanol–water partition coefficient (Wildman–Crippen LogP) is 13.4. The van der Waals surface area contributed by atoms with Gasteiger partial charge in [-0.05, 0) is 86.9 Å². The van der Waals surface area contributed by atoms with Crippen molar-refractivity contribution in [3.63, 3.8) is 0 Å². The highest BCUT2D eigenvalue weighted by Crippen LogP contribution is 2.33. The lowest BCUT2D eigenvalue weighted by atomic mass is 9.90. The first-order valence-electron chi connectivity index (χ1n) is 18.9. The van der Waals surface area contributed by atoms with Crippen molar-refractivity contribution in [2.75, 3.05) is 0 Å². The Labute approximate surface area is 329 Å². The Hall–Kier alpha value is -7.23. The lowest BCUT2D eigenvalue weighted by molar-refractivity contribution is 1.13. The van der Waals surface area contributed by atoms with Crippen molar-refractivity contribution < 1.29 is 0 Å². The van der Waals surface area contributed by atoms with E-state index in [2.05, 4.69) is 194 Å². The molecule has 0 amide bonds.